The number of hydrogen-bond donors (Lipinski definition) is 1. The molecule has 116 valence electrons. The largest absolute Gasteiger partial charge is 0.480 e. The van der Waals surface area contributed by atoms with Gasteiger partial charge in [0.2, 0.25) is 0 Å². The maximum atomic E-state index is 12.2. The second-order valence-electron chi connectivity index (χ2n) is 6.55. The molecule has 0 aromatic heterocycles. The van der Waals surface area contributed by atoms with Crippen LogP contribution in [0.1, 0.15) is 54.9 Å². The Morgan fingerprint density at radius 2 is 1.52 bits per heavy atom. The van der Waals surface area contributed by atoms with E-state index >= 15 is 0 Å². The average Bonchev–Trinajstić information content (AvgIpc) is 2.65. The molecule has 3 nitrogen and oxygen atoms in total. The lowest BCUT2D eigenvalue weighted by Crippen LogP contribution is -2.51. The van der Waals surface area contributed by atoms with E-state index in [1.54, 1.807) is 0 Å². The van der Waals surface area contributed by atoms with Gasteiger partial charge in [0.1, 0.15) is 5.54 Å². The van der Waals surface area contributed by atoms with Gasteiger partial charge < -0.3 is 5.11 Å². The van der Waals surface area contributed by atoms with Crippen molar-refractivity contribution in [2.45, 2.75) is 58.9 Å². The minimum absolute atomic E-state index is 0.737. The van der Waals surface area contributed by atoms with Crippen molar-refractivity contribution in [1.29, 1.82) is 0 Å². The summed E-state index contributed by atoms with van der Waals surface area (Å²) in [5.74, 6) is -0.737. The van der Waals surface area contributed by atoms with E-state index in [-0.39, 0.29) is 0 Å². The zero-order valence-corrected chi connectivity index (χ0v) is 13.7. The Labute approximate surface area is 128 Å². The van der Waals surface area contributed by atoms with Gasteiger partial charge in [0.25, 0.3) is 0 Å². The Bertz CT molecular complexity index is 507. The number of likely N-dealkylation sites (tertiary alicyclic amines) is 1. The molecule has 1 heterocycles. The van der Waals surface area contributed by atoms with Gasteiger partial charge in [-0.25, -0.2) is 4.79 Å². The molecule has 1 aromatic carbocycles. The molecule has 1 unspecified atom stereocenters. The highest BCUT2D eigenvalue weighted by molar-refractivity contribution is 5.81. The molecule has 0 aliphatic carbocycles. The number of carboxylic acids is 1. The van der Waals surface area contributed by atoms with Gasteiger partial charge in [-0.3, -0.25) is 4.90 Å². The Morgan fingerprint density at radius 3 is 1.95 bits per heavy atom. The fourth-order valence-corrected chi connectivity index (χ4v) is 3.87. The van der Waals surface area contributed by atoms with Crippen molar-refractivity contribution < 1.29 is 9.90 Å². The van der Waals surface area contributed by atoms with E-state index in [9.17, 15) is 9.90 Å². The van der Waals surface area contributed by atoms with Crippen LogP contribution in [-0.2, 0) is 10.3 Å². The van der Waals surface area contributed by atoms with Crippen molar-refractivity contribution in [2.24, 2.45) is 0 Å². The minimum Gasteiger partial charge on any atom is -0.480 e. The van der Waals surface area contributed by atoms with Crippen LogP contribution in [0.4, 0.5) is 0 Å². The number of aliphatic carboxylic acids is 1. The topological polar surface area (TPSA) is 40.5 Å². The molecule has 0 amide bonds. The van der Waals surface area contributed by atoms with Gasteiger partial charge in [0, 0.05) is 0 Å². The number of carboxylic acid groups (broad SMARTS) is 1. The molecule has 1 atom stereocenters. The molecule has 1 aliphatic rings. The van der Waals surface area contributed by atoms with Gasteiger partial charge in [-0.15, -0.1) is 0 Å². The second-order valence-corrected chi connectivity index (χ2v) is 6.55. The smallest absolute Gasteiger partial charge is 0.328 e. The number of aryl methyl sites for hydroxylation is 3. The van der Waals surface area contributed by atoms with E-state index < -0.39 is 11.5 Å². The highest BCUT2D eigenvalue weighted by atomic mass is 16.4. The van der Waals surface area contributed by atoms with Gasteiger partial charge in [-0.05, 0) is 70.3 Å². The average molecular weight is 289 g/mol. The monoisotopic (exact) mass is 289 g/mol. The third kappa shape index (κ3) is 2.98. The van der Waals surface area contributed by atoms with Crippen LogP contribution in [0, 0.1) is 20.8 Å². The Hall–Kier alpha value is -1.35. The molecule has 0 bridgehead atoms. The van der Waals surface area contributed by atoms with Gasteiger partial charge in [-0.1, -0.05) is 30.5 Å². The molecule has 1 N–H and O–H groups in total. The minimum atomic E-state index is -0.924. The maximum absolute atomic E-state index is 12.2. The van der Waals surface area contributed by atoms with Crippen LogP contribution in [0.3, 0.4) is 0 Å². The lowest BCUT2D eigenvalue weighted by molar-refractivity contribution is -0.151. The molecule has 1 aromatic rings. The van der Waals surface area contributed by atoms with E-state index in [4.69, 9.17) is 0 Å². The zero-order chi connectivity index (χ0) is 15.6. The summed E-state index contributed by atoms with van der Waals surface area (Å²) in [7, 11) is 0. The Kier molecular flexibility index (Phi) is 4.72. The number of rotatable bonds is 3. The van der Waals surface area contributed by atoms with Crippen LogP contribution in [0.2, 0.25) is 0 Å². The van der Waals surface area contributed by atoms with Gasteiger partial charge in [0.05, 0.1) is 0 Å². The number of nitrogens with zero attached hydrogens (tertiary/aromatic N) is 1. The molecule has 1 fully saturated rings. The van der Waals surface area contributed by atoms with Crippen molar-refractivity contribution in [3.8, 4) is 0 Å². The first-order chi connectivity index (χ1) is 9.87. The van der Waals surface area contributed by atoms with Crippen LogP contribution >= 0.6 is 0 Å². The summed E-state index contributed by atoms with van der Waals surface area (Å²) in [6.07, 6.45) is 4.59. The summed E-state index contributed by atoms with van der Waals surface area (Å²) in [6.45, 7) is 9.76. The summed E-state index contributed by atoms with van der Waals surface area (Å²) >= 11 is 0. The fraction of sp³-hybridized carbons (Fsp3) is 0.611. The third-order valence-corrected chi connectivity index (χ3v) is 4.82. The van der Waals surface area contributed by atoms with Crippen molar-refractivity contribution in [2.75, 3.05) is 13.1 Å². The van der Waals surface area contributed by atoms with Crippen LogP contribution in [0.15, 0.2) is 12.1 Å². The Balaban J connectivity index is 2.54. The quantitative estimate of drug-likeness (QED) is 0.920. The molecule has 0 saturated carbocycles. The number of hydrogen-bond acceptors (Lipinski definition) is 2. The molecule has 1 aliphatic heterocycles. The van der Waals surface area contributed by atoms with Crippen molar-refractivity contribution >= 4 is 5.97 Å². The summed E-state index contributed by atoms with van der Waals surface area (Å²) in [5, 5.41) is 10.0. The predicted molar refractivity (Wildman–Crippen MR) is 85.7 cm³/mol. The Morgan fingerprint density at radius 1 is 1.05 bits per heavy atom. The van der Waals surface area contributed by atoms with E-state index in [0.29, 0.717) is 0 Å². The summed E-state index contributed by atoms with van der Waals surface area (Å²) < 4.78 is 0. The van der Waals surface area contributed by atoms with Gasteiger partial charge in [-0.2, -0.15) is 0 Å². The van der Waals surface area contributed by atoms with Crippen LogP contribution < -0.4 is 0 Å². The molecule has 3 heteroatoms. The summed E-state index contributed by atoms with van der Waals surface area (Å²) in [4.78, 5) is 14.4. The van der Waals surface area contributed by atoms with Gasteiger partial charge >= 0.3 is 5.97 Å². The first-order valence-electron chi connectivity index (χ1n) is 7.94. The third-order valence-electron chi connectivity index (χ3n) is 4.82. The van der Waals surface area contributed by atoms with Crippen molar-refractivity contribution in [3.05, 3.63) is 34.4 Å². The first kappa shape index (κ1) is 16.0. The van der Waals surface area contributed by atoms with E-state index in [0.717, 1.165) is 42.6 Å². The molecule has 1 saturated heterocycles. The predicted octanol–water partition coefficient (Wildman–Crippen LogP) is 3.79. The molecular formula is C18H27NO2. The lowest BCUT2D eigenvalue weighted by Gasteiger charge is -2.39. The lowest BCUT2D eigenvalue weighted by atomic mass is 9.82. The standard InChI is InChI=1S/C18H27NO2/c1-13-11-14(2)16(15(3)12-13)18(4,17(20)21)19-9-7-5-6-8-10-19/h11-12H,5-10H2,1-4H3,(H,20,21). The summed E-state index contributed by atoms with van der Waals surface area (Å²) in [5.41, 5.74) is 3.41. The van der Waals surface area contributed by atoms with E-state index in [2.05, 4.69) is 24.0 Å². The van der Waals surface area contributed by atoms with E-state index in [1.165, 1.54) is 18.4 Å². The molecule has 21 heavy (non-hydrogen) atoms. The highest BCUT2D eigenvalue weighted by Gasteiger charge is 2.43. The first-order valence-corrected chi connectivity index (χ1v) is 7.94. The van der Waals surface area contributed by atoms with Crippen molar-refractivity contribution in [1.82, 2.24) is 4.90 Å². The zero-order valence-electron chi connectivity index (χ0n) is 13.7. The second kappa shape index (κ2) is 6.18. The molecule has 0 radical (unpaired) electrons. The fourth-order valence-electron chi connectivity index (χ4n) is 3.87. The molecular weight excluding hydrogens is 262 g/mol. The van der Waals surface area contributed by atoms with E-state index in [1.807, 2.05) is 20.8 Å². The number of benzene rings is 1. The van der Waals surface area contributed by atoms with Crippen molar-refractivity contribution in [3.63, 3.8) is 0 Å². The SMILES string of the molecule is Cc1cc(C)c(C(C)(C(=O)O)N2CCCCCC2)c(C)c1. The van der Waals surface area contributed by atoms with Gasteiger partial charge in [0.15, 0.2) is 0 Å². The van der Waals surface area contributed by atoms with Crippen LogP contribution in [0.25, 0.3) is 0 Å². The maximum Gasteiger partial charge on any atom is 0.328 e. The highest BCUT2D eigenvalue weighted by Crippen LogP contribution is 2.35. The molecule has 0 spiro atoms. The normalized spacial score (nSPS) is 19.8. The van der Waals surface area contributed by atoms with Crippen LogP contribution in [0.5, 0.6) is 0 Å². The van der Waals surface area contributed by atoms with Crippen LogP contribution in [-0.4, -0.2) is 29.1 Å². The molecule has 2 rings (SSSR count). The number of carbonyl (C=O) groups is 1. The summed E-state index contributed by atoms with van der Waals surface area (Å²) in [6, 6.07) is 4.20.